The van der Waals surface area contributed by atoms with Crippen LogP contribution in [0.4, 0.5) is 0 Å². The maximum atomic E-state index is 5.87. The second kappa shape index (κ2) is 9.32. The molecule has 0 spiro atoms. The van der Waals surface area contributed by atoms with E-state index in [0.717, 1.165) is 17.8 Å². The van der Waals surface area contributed by atoms with Crippen LogP contribution < -0.4 is 0 Å². The van der Waals surface area contributed by atoms with Crippen LogP contribution in [-0.4, -0.2) is 6.10 Å². The molecule has 5 atom stereocenters. The predicted octanol–water partition coefficient (Wildman–Crippen LogP) is 8.39. The molecule has 0 aromatic rings. The summed E-state index contributed by atoms with van der Waals surface area (Å²) in [4.78, 5) is 0. The van der Waals surface area contributed by atoms with Gasteiger partial charge in [-0.2, -0.15) is 0 Å². The lowest BCUT2D eigenvalue weighted by Gasteiger charge is -2.53. The highest BCUT2D eigenvalue weighted by atomic mass is 127. The number of hydrogen-bond donors (Lipinski definition) is 0. The number of rotatable bonds is 4. The first-order valence-corrected chi connectivity index (χ1v) is 13.8. The van der Waals surface area contributed by atoms with E-state index in [9.17, 15) is 0 Å². The van der Waals surface area contributed by atoms with Crippen LogP contribution in [0.15, 0.2) is 11.6 Å². The van der Waals surface area contributed by atoms with Crippen molar-refractivity contribution in [2.75, 3.05) is 0 Å². The molecular formula is C22H39IOS. The Kier molecular flexibility index (Phi) is 8.23. The van der Waals surface area contributed by atoms with E-state index in [1.54, 1.807) is 5.57 Å². The lowest BCUT2D eigenvalue weighted by atomic mass is 9.52. The normalized spacial score (nSPS) is 39.9. The van der Waals surface area contributed by atoms with Crippen molar-refractivity contribution in [1.29, 1.82) is 0 Å². The van der Waals surface area contributed by atoms with Gasteiger partial charge in [-0.05, 0) is 67.1 Å². The van der Waals surface area contributed by atoms with Crippen molar-refractivity contribution in [3.05, 3.63) is 11.6 Å². The second-order valence-corrected chi connectivity index (χ2v) is 10.5. The van der Waals surface area contributed by atoms with Gasteiger partial charge in [-0.3, -0.25) is 0 Å². The quantitative estimate of drug-likeness (QED) is 0.228. The van der Waals surface area contributed by atoms with E-state index in [0.29, 0.717) is 16.9 Å². The lowest BCUT2D eigenvalue weighted by Crippen LogP contribution is -2.45. The molecular weight excluding hydrogens is 439 g/mol. The highest BCUT2D eigenvalue weighted by Gasteiger charge is 2.51. The summed E-state index contributed by atoms with van der Waals surface area (Å²) in [7, 11) is 1.52. The SMILES string of the molecule is CC.CCC1C(C2CCCC2(C)C)CC=C2CC(OSI)CCC21C. The van der Waals surface area contributed by atoms with Crippen molar-refractivity contribution in [1.82, 2.24) is 0 Å². The number of fused-ring (bicyclic) bond motifs is 1. The Labute approximate surface area is 173 Å². The summed E-state index contributed by atoms with van der Waals surface area (Å²) < 4.78 is 5.87. The zero-order valence-corrected chi connectivity index (χ0v) is 20.2. The molecule has 0 heterocycles. The molecule has 2 fully saturated rings. The minimum absolute atomic E-state index is 0.437. The van der Waals surface area contributed by atoms with Crippen LogP contribution in [0.1, 0.15) is 92.9 Å². The van der Waals surface area contributed by atoms with E-state index in [2.05, 4.69) is 55.0 Å². The van der Waals surface area contributed by atoms with Crippen molar-refractivity contribution >= 4 is 30.4 Å². The maximum absolute atomic E-state index is 5.87. The van der Waals surface area contributed by atoms with Crippen LogP contribution in [-0.2, 0) is 4.18 Å². The molecule has 3 aliphatic rings. The fourth-order valence-corrected chi connectivity index (χ4v) is 7.48. The molecule has 1 nitrogen and oxygen atoms in total. The molecule has 0 saturated heterocycles. The van der Waals surface area contributed by atoms with Gasteiger partial charge in [-0.25, -0.2) is 0 Å². The molecule has 25 heavy (non-hydrogen) atoms. The van der Waals surface area contributed by atoms with E-state index in [1.807, 2.05) is 13.8 Å². The molecule has 2 saturated carbocycles. The van der Waals surface area contributed by atoms with Gasteiger partial charge in [0.05, 0.1) is 15.3 Å². The first kappa shape index (κ1) is 22.1. The van der Waals surface area contributed by atoms with Crippen molar-refractivity contribution in [3.63, 3.8) is 0 Å². The summed E-state index contributed by atoms with van der Waals surface area (Å²) in [5, 5.41) is 0. The van der Waals surface area contributed by atoms with Crippen LogP contribution in [0.5, 0.6) is 0 Å². The van der Waals surface area contributed by atoms with E-state index in [4.69, 9.17) is 4.18 Å². The van der Waals surface area contributed by atoms with Crippen molar-refractivity contribution in [2.24, 2.45) is 28.6 Å². The first-order valence-electron chi connectivity index (χ1n) is 10.6. The summed E-state index contributed by atoms with van der Waals surface area (Å²) in [6, 6.07) is 0. The Hall–Kier alpha value is 0.780. The molecule has 3 rings (SSSR count). The lowest BCUT2D eigenvalue weighted by molar-refractivity contribution is 0.0198. The summed E-state index contributed by atoms with van der Waals surface area (Å²) in [5.41, 5.74) is 2.71. The van der Waals surface area contributed by atoms with Gasteiger partial charge < -0.3 is 4.18 Å². The fraction of sp³-hybridized carbons (Fsp3) is 0.909. The third-order valence-electron chi connectivity index (χ3n) is 7.61. The van der Waals surface area contributed by atoms with Crippen LogP contribution in [0.25, 0.3) is 0 Å². The minimum atomic E-state index is 0.437. The molecule has 0 aliphatic heterocycles. The molecule has 3 heteroatoms. The molecule has 146 valence electrons. The highest BCUT2D eigenvalue weighted by Crippen LogP contribution is 2.60. The van der Waals surface area contributed by atoms with Crippen LogP contribution in [0.2, 0.25) is 0 Å². The smallest absolute Gasteiger partial charge is 0.0769 e. The number of halogens is 1. The standard InChI is InChI=1S/C20H33IOS.C2H6/c1-5-17-16(18-7-6-11-19(18,2)3)9-8-14-13-15(22-23-21)10-12-20(14,17)4;1-2/h8,15-18H,5-7,9-13H2,1-4H3;1-2H3. The summed E-state index contributed by atoms with van der Waals surface area (Å²) >= 11 is 2.26. The monoisotopic (exact) mass is 478 g/mol. The largest absolute Gasteiger partial charge is 0.302 e. The zero-order chi connectivity index (χ0) is 18.7. The minimum Gasteiger partial charge on any atom is -0.302 e. The average Bonchev–Trinajstić information content (AvgIpc) is 2.95. The van der Waals surface area contributed by atoms with Gasteiger partial charge in [0.2, 0.25) is 0 Å². The Morgan fingerprint density at radius 1 is 1.20 bits per heavy atom. The molecule has 0 aromatic heterocycles. The molecule has 0 amide bonds. The van der Waals surface area contributed by atoms with Gasteiger partial charge in [0, 0.05) is 21.2 Å². The summed E-state index contributed by atoms with van der Waals surface area (Å²) in [6.07, 6.45) is 13.8. The van der Waals surface area contributed by atoms with Crippen LogP contribution in [0, 0.1) is 28.6 Å². The Balaban J connectivity index is 0.00000109. The summed E-state index contributed by atoms with van der Waals surface area (Å²) in [6.45, 7) is 14.1. The predicted molar refractivity (Wildman–Crippen MR) is 121 cm³/mol. The topological polar surface area (TPSA) is 9.23 Å². The van der Waals surface area contributed by atoms with Crippen molar-refractivity contribution < 1.29 is 4.18 Å². The van der Waals surface area contributed by atoms with Gasteiger partial charge in [0.25, 0.3) is 0 Å². The third-order valence-corrected chi connectivity index (χ3v) is 8.58. The maximum Gasteiger partial charge on any atom is 0.0769 e. The highest BCUT2D eigenvalue weighted by molar-refractivity contribution is 14.2. The van der Waals surface area contributed by atoms with Crippen molar-refractivity contribution in [3.8, 4) is 0 Å². The summed E-state index contributed by atoms with van der Waals surface area (Å²) in [5.74, 6) is 2.71. The first-order chi connectivity index (χ1) is 11.9. The van der Waals surface area contributed by atoms with Crippen LogP contribution in [0.3, 0.4) is 0 Å². The fourth-order valence-electron chi connectivity index (χ4n) is 6.34. The number of allylic oxidation sites excluding steroid dienone is 1. The third kappa shape index (κ3) is 4.45. The van der Waals surface area contributed by atoms with Gasteiger partial charge >= 0.3 is 0 Å². The molecule has 3 aliphatic carbocycles. The van der Waals surface area contributed by atoms with Gasteiger partial charge in [-0.15, -0.1) is 0 Å². The van der Waals surface area contributed by atoms with Gasteiger partial charge in [-0.1, -0.05) is 66.0 Å². The molecule has 0 bridgehead atoms. The van der Waals surface area contributed by atoms with Gasteiger partial charge in [0.1, 0.15) is 0 Å². The van der Waals surface area contributed by atoms with E-state index in [1.165, 1.54) is 60.6 Å². The molecule has 0 radical (unpaired) electrons. The number of hydrogen-bond acceptors (Lipinski definition) is 2. The Morgan fingerprint density at radius 2 is 1.92 bits per heavy atom. The Bertz CT molecular complexity index is 461. The van der Waals surface area contributed by atoms with Gasteiger partial charge in [0.15, 0.2) is 0 Å². The van der Waals surface area contributed by atoms with E-state index < -0.39 is 0 Å². The zero-order valence-electron chi connectivity index (χ0n) is 17.2. The average molecular weight is 479 g/mol. The Morgan fingerprint density at radius 3 is 2.48 bits per heavy atom. The van der Waals surface area contributed by atoms with E-state index >= 15 is 0 Å². The van der Waals surface area contributed by atoms with E-state index in [-0.39, 0.29) is 0 Å². The molecule has 0 N–H and O–H groups in total. The molecule has 5 unspecified atom stereocenters. The van der Waals surface area contributed by atoms with Crippen LogP contribution >= 0.6 is 30.4 Å². The van der Waals surface area contributed by atoms with Crippen molar-refractivity contribution in [2.45, 2.75) is 99.0 Å². The molecule has 0 aromatic carbocycles. The second-order valence-electron chi connectivity index (χ2n) is 9.07.